The summed E-state index contributed by atoms with van der Waals surface area (Å²) in [5, 5.41) is 3.08. The topological polar surface area (TPSA) is 62.3 Å². The quantitative estimate of drug-likeness (QED) is 0.831. The molecule has 1 N–H and O–H groups in total. The summed E-state index contributed by atoms with van der Waals surface area (Å²) in [6, 6.07) is 13.8. The van der Waals surface area contributed by atoms with E-state index in [0.29, 0.717) is 32.5 Å². The molecule has 1 saturated heterocycles. The van der Waals surface area contributed by atoms with Crippen LogP contribution in [-0.4, -0.2) is 34.8 Å². The fourth-order valence-electron chi connectivity index (χ4n) is 3.60. The maximum absolute atomic E-state index is 13.3. The van der Waals surface area contributed by atoms with Gasteiger partial charge in [0.1, 0.15) is 0 Å². The van der Waals surface area contributed by atoms with Gasteiger partial charge in [-0.2, -0.15) is 0 Å². The van der Waals surface area contributed by atoms with Crippen LogP contribution in [0.5, 0.6) is 0 Å². The van der Waals surface area contributed by atoms with Crippen LogP contribution in [0.2, 0.25) is 0 Å². The Labute approximate surface area is 160 Å². The van der Waals surface area contributed by atoms with Gasteiger partial charge in [-0.05, 0) is 43.0 Å². The molecular formula is C22H25N3O2. The Balaban J connectivity index is 1.78. The first-order valence-corrected chi connectivity index (χ1v) is 9.22. The first kappa shape index (κ1) is 18.8. The second-order valence-electron chi connectivity index (χ2n) is 6.97. The fourth-order valence-corrected chi connectivity index (χ4v) is 3.60. The van der Waals surface area contributed by atoms with Gasteiger partial charge in [-0.15, -0.1) is 0 Å². The highest BCUT2D eigenvalue weighted by molar-refractivity contribution is 5.90. The number of benzene rings is 1. The van der Waals surface area contributed by atoms with Gasteiger partial charge >= 0.3 is 0 Å². The van der Waals surface area contributed by atoms with Crippen molar-refractivity contribution in [3.63, 3.8) is 0 Å². The number of aromatic nitrogens is 1. The number of nitrogens with one attached hydrogen (secondary N) is 1. The molecule has 0 saturated carbocycles. The minimum atomic E-state index is -0.628. The molecule has 0 radical (unpaired) electrons. The van der Waals surface area contributed by atoms with E-state index in [4.69, 9.17) is 0 Å². The van der Waals surface area contributed by atoms with E-state index in [9.17, 15) is 9.59 Å². The summed E-state index contributed by atoms with van der Waals surface area (Å²) in [4.78, 5) is 31.2. The number of likely N-dealkylation sites (tertiary alicyclic amines) is 1. The number of aryl methyl sites for hydroxylation is 1. The molecule has 1 aromatic heterocycles. The Morgan fingerprint density at radius 2 is 1.89 bits per heavy atom. The lowest BCUT2D eigenvalue weighted by atomic mass is 9.72. The second kappa shape index (κ2) is 8.16. The number of rotatable bonds is 5. The van der Waals surface area contributed by atoms with Gasteiger partial charge in [-0.1, -0.05) is 43.0 Å². The summed E-state index contributed by atoms with van der Waals surface area (Å²) in [5.74, 6) is -0.0808. The van der Waals surface area contributed by atoms with Crippen molar-refractivity contribution < 1.29 is 9.59 Å². The summed E-state index contributed by atoms with van der Waals surface area (Å²) in [6.07, 6.45) is 4.30. The highest BCUT2D eigenvalue weighted by Crippen LogP contribution is 2.36. The number of pyridine rings is 1. The number of carbonyl (C=O) groups excluding carboxylic acids is 2. The van der Waals surface area contributed by atoms with Crippen LogP contribution < -0.4 is 5.32 Å². The first-order valence-electron chi connectivity index (χ1n) is 9.22. The standard InChI is InChI=1S/C22H25N3O2/c1-3-20(26)25-13-11-22(12-14-25,19-7-5-4-6-8-19)21(27)24-16-18-10-9-17(2)23-15-18/h3-10,15H,1,11-14,16H2,2H3,(H,24,27). The van der Waals surface area contributed by atoms with Gasteiger partial charge in [-0.3, -0.25) is 14.6 Å². The molecular weight excluding hydrogens is 338 g/mol. The predicted molar refractivity (Wildman–Crippen MR) is 105 cm³/mol. The smallest absolute Gasteiger partial charge is 0.245 e. The van der Waals surface area contributed by atoms with Crippen LogP contribution >= 0.6 is 0 Å². The van der Waals surface area contributed by atoms with E-state index < -0.39 is 5.41 Å². The van der Waals surface area contributed by atoms with Crippen molar-refractivity contribution in [1.29, 1.82) is 0 Å². The number of hydrogen-bond acceptors (Lipinski definition) is 3. The molecule has 5 heteroatoms. The van der Waals surface area contributed by atoms with Crippen molar-refractivity contribution in [2.75, 3.05) is 13.1 Å². The molecule has 2 heterocycles. The summed E-state index contributed by atoms with van der Waals surface area (Å²) in [6.45, 7) is 7.02. The van der Waals surface area contributed by atoms with Crippen LogP contribution in [0, 0.1) is 6.92 Å². The third kappa shape index (κ3) is 4.08. The second-order valence-corrected chi connectivity index (χ2v) is 6.97. The van der Waals surface area contributed by atoms with E-state index in [-0.39, 0.29) is 11.8 Å². The largest absolute Gasteiger partial charge is 0.351 e. The highest BCUT2D eigenvalue weighted by Gasteiger charge is 2.43. The predicted octanol–water partition coefficient (Wildman–Crippen LogP) is 2.75. The van der Waals surface area contributed by atoms with Crippen molar-refractivity contribution in [3.8, 4) is 0 Å². The lowest BCUT2D eigenvalue weighted by Crippen LogP contribution is -2.52. The Morgan fingerprint density at radius 1 is 1.19 bits per heavy atom. The molecule has 1 aliphatic heterocycles. The van der Waals surface area contributed by atoms with Gasteiger partial charge in [0.2, 0.25) is 11.8 Å². The third-order valence-electron chi connectivity index (χ3n) is 5.29. The molecule has 1 aromatic carbocycles. The van der Waals surface area contributed by atoms with E-state index in [1.807, 2.05) is 49.4 Å². The van der Waals surface area contributed by atoms with E-state index in [0.717, 1.165) is 16.8 Å². The molecule has 0 unspecified atom stereocenters. The van der Waals surface area contributed by atoms with E-state index in [2.05, 4.69) is 16.9 Å². The number of amides is 2. The first-order chi connectivity index (χ1) is 13.0. The van der Waals surface area contributed by atoms with Crippen molar-refractivity contribution in [1.82, 2.24) is 15.2 Å². The minimum Gasteiger partial charge on any atom is -0.351 e. The van der Waals surface area contributed by atoms with Gasteiger partial charge < -0.3 is 10.2 Å². The molecule has 2 amide bonds. The summed E-state index contributed by atoms with van der Waals surface area (Å²) < 4.78 is 0. The summed E-state index contributed by atoms with van der Waals surface area (Å²) in [7, 11) is 0. The molecule has 3 rings (SSSR count). The van der Waals surface area contributed by atoms with Gasteiger partial charge in [0.15, 0.2) is 0 Å². The van der Waals surface area contributed by atoms with Crippen LogP contribution in [0.15, 0.2) is 61.3 Å². The van der Waals surface area contributed by atoms with Crippen LogP contribution in [-0.2, 0) is 21.5 Å². The zero-order valence-corrected chi connectivity index (χ0v) is 15.6. The molecule has 140 valence electrons. The van der Waals surface area contributed by atoms with Crippen molar-refractivity contribution in [3.05, 3.63) is 78.1 Å². The number of carbonyl (C=O) groups is 2. The zero-order valence-electron chi connectivity index (χ0n) is 15.6. The lowest BCUT2D eigenvalue weighted by molar-refractivity contribution is -0.134. The maximum Gasteiger partial charge on any atom is 0.245 e. The molecule has 1 aliphatic rings. The molecule has 0 spiro atoms. The van der Waals surface area contributed by atoms with Crippen LogP contribution in [0.3, 0.4) is 0 Å². The van der Waals surface area contributed by atoms with Crippen molar-refractivity contribution in [2.45, 2.75) is 31.7 Å². The van der Waals surface area contributed by atoms with Gasteiger partial charge in [-0.25, -0.2) is 0 Å². The van der Waals surface area contributed by atoms with Crippen molar-refractivity contribution in [2.24, 2.45) is 0 Å². The number of piperidine rings is 1. The average molecular weight is 363 g/mol. The molecule has 1 fully saturated rings. The summed E-state index contributed by atoms with van der Waals surface area (Å²) in [5.41, 5.74) is 2.29. The Morgan fingerprint density at radius 3 is 2.48 bits per heavy atom. The van der Waals surface area contributed by atoms with Gasteiger partial charge in [0, 0.05) is 31.5 Å². The van der Waals surface area contributed by atoms with E-state index in [1.165, 1.54) is 6.08 Å². The maximum atomic E-state index is 13.3. The average Bonchev–Trinajstić information content (AvgIpc) is 2.73. The lowest BCUT2D eigenvalue weighted by Gasteiger charge is -2.40. The van der Waals surface area contributed by atoms with Gasteiger partial charge in [0.05, 0.1) is 5.41 Å². The third-order valence-corrected chi connectivity index (χ3v) is 5.29. The molecule has 5 nitrogen and oxygen atoms in total. The van der Waals surface area contributed by atoms with Crippen LogP contribution in [0.1, 0.15) is 29.7 Å². The van der Waals surface area contributed by atoms with Gasteiger partial charge in [0.25, 0.3) is 0 Å². The molecule has 27 heavy (non-hydrogen) atoms. The Hall–Kier alpha value is -2.95. The zero-order chi connectivity index (χ0) is 19.3. The van der Waals surface area contributed by atoms with E-state index in [1.54, 1.807) is 11.1 Å². The molecule has 0 atom stereocenters. The SMILES string of the molecule is C=CC(=O)N1CCC(C(=O)NCc2ccc(C)nc2)(c2ccccc2)CC1. The minimum absolute atomic E-state index is 0.0000213. The van der Waals surface area contributed by atoms with E-state index >= 15 is 0 Å². The molecule has 0 aliphatic carbocycles. The molecule has 0 bridgehead atoms. The number of nitrogens with zero attached hydrogens (tertiary/aromatic N) is 2. The fraction of sp³-hybridized carbons (Fsp3) is 0.318. The van der Waals surface area contributed by atoms with Crippen molar-refractivity contribution >= 4 is 11.8 Å². The summed E-state index contributed by atoms with van der Waals surface area (Å²) >= 11 is 0. The van der Waals surface area contributed by atoms with Crippen LogP contribution in [0.25, 0.3) is 0 Å². The Kier molecular flexibility index (Phi) is 5.69. The normalized spacial score (nSPS) is 15.8. The monoisotopic (exact) mass is 363 g/mol. The Bertz CT molecular complexity index is 807. The van der Waals surface area contributed by atoms with Crippen LogP contribution in [0.4, 0.5) is 0 Å². The number of hydrogen-bond donors (Lipinski definition) is 1. The molecule has 2 aromatic rings. The highest BCUT2D eigenvalue weighted by atomic mass is 16.2.